The third kappa shape index (κ3) is 2.82. The molecule has 2 atom stereocenters. The molecule has 0 spiro atoms. The molecule has 2 heterocycles. The lowest BCUT2D eigenvalue weighted by molar-refractivity contribution is -0.138. The number of ketones is 1. The van der Waals surface area contributed by atoms with Crippen LogP contribution < -0.4 is 4.90 Å². The number of halogens is 4. The molecule has 2 nitrogen and oxygen atoms in total. The molecule has 1 aromatic carbocycles. The fourth-order valence-corrected chi connectivity index (χ4v) is 3.96. The van der Waals surface area contributed by atoms with E-state index >= 15 is 0 Å². The first kappa shape index (κ1) is 14.9. The van der Waals surface area contributed by atoms with Gasteiger partial charge in [-0.15, -0.1) is 0 Å². The number of anilines is 1. The van der Waals surface area contributed by atoms with Crippen molar-refractivity contribution in [3.8, 4) is 0 Å². The molecular formula is C15H15BrF3NO. The Bertz CT molecular complexity index is 557. The highest BCUT2D eigenvalue weighted by Gasteiger charge is 2.39. The van der Waals surface area contributed by atoms with Gasteiger partial charge in [-0.2, -0.15) is 13.2 Å². The lowest BCUT2D eigenvalue weighted by Gasteiger charge is -2.47. The van der Waals surface area contributed by atoms with Crippen LogP contribution in [0.25, 0.3) is 0 Å². The van der Waals surface area contributed by atoms with E-state index in [4.69, 9.17) is 0 Å². The number of piperidine rings is 2. The number of fused-ring (bicyclic) bond motifs is 2. The Morgan fingerprint density at radius 2 is 1.76 bits per heavy atom. The maximum Gasteiger partial charge on any atom is 0.417 e. The summed E-state index contributed by atoms with van der Waals surface area (Å²) < 4.78 is 39.2. The molecule has 2 saturated heterocycles. The summed E-state index contributed by atoms with van der Waals surface area (Å²) in [7, 11) is 0. The number of carbonyl (C=O) groups is 1. The Morgan fingerprint density at radius 1 is 1.14 bits per heavy atom. The molecule has 2 aliphatic heterocycles. The van der Waals surface area contributed by atoms with E-state index in [1.54, 1.807) is 6.07 Å². The molecule has 2 aliphatic rings. The number of hydrogen-bond acceptors (Lipinski definition) is 2. The highest BCUT2D eigenvalue weighted by atomic mass is 79.9. The van der Waals surface area contributed by atoms with E-state index in [1.807, 2.05) is 4.90 Å². The smallest absolute Gasteiger partial charge is 0.365 e. The van der Waals surface area contributed by atoms with Gasteiger partial charge in [0.15, 0.2) is 0 Å². The average molecular weight is 362 g/mol. The fraction of sp³-hybridized carbons (Fsp3) is 0.533. The van der Waals surface area contributed by atoms with Gasteiger partial charge in [-0.3, -0.25) is 4.79 Å². The zero-order valence-corrected chi connectivity index (χ0v) is 12.9. The lowest BCUT2D eigenvalue weighted by Crippen LogP contribution is -2.52. The topological polar surface area (TPSA) is 20.3 Å². The number of hydrogen-bond donors (Lipinski definition) is 0. The van der Waals surface area contributed by atoms with Gasteiger partial charge >= 0.3 is 6.18 Å². The minimum atomic E-state index is -4.38. The third-order valence-electron chi connectivity index (χ3n) is 4.34. The first-order valence-electron chi connectivity index (χ1n) is 7.03. The van der Waals surface area contributed by atoms with E-state index in [1.165, 1.54) is 12.1 Å². The molecular weight excluding hydrogens is 347 g/mol. The Balaban J connectivity index is 1.99. The van der Waals surface area contributed by atoms with E-state index in [9.17, 15) is 18.0 Å². The van der Waals surface area contributed by atoms with Gasteiger partial charge in [0.2, 0.25) is 0 Å². The van der Waals surface area contributed by atoms with E-state index in [-0.39, 0.29) is 22.3 Å². The fourth-order valence-electron chi connectivity index (χ4n) is 3.49. The van der Waals surface area contributed by atoms with Crippen molar-refractivity contribution in [1.29, 1.82) is 0 Å². The van der Waals surface area contributed by atoms with Crippen LogP contribution in [0, 0.1) is 0 Å². The van der Waals surface area contributed by atoms with Crippen molar-refractivity contribution >= 4 is 27.4 Å². The van der Waals surface area contributed by atoms with Gasteiger partial charge in [0.1, 0.15) is 5.78 Å². The molecule has 0 aromatic heterocycles. The van der Waals surface area contributed by atoms with Crippen molar-refractivity contribution in [3.05, 3.63) is 28.2 Å². The van der Waals surface area contributed by atoms with Crippen molar-refractivity contribution < 1.29 is 18.0 Å². The minimum Gasteiger partial charge on any atom is -0.365 e. The molecule has 0 N–H and O–H groups in total. The van der Waals surface area contributed by atoms with Gasteiger partial charge in [0.25, 0.3) is 0 Å². The molecule has 2 unspecified atom stereocenters. The summed E-state index contributed by atoms with van der Waals surface area (Å²) in [5, 5.41) is 0. The second kappa shape index (κ2) is 5.30. The molecule has 1 aromatic rings. The van der Waals surface area contributed by atoms with E-state index in [2.05, 4.69) is 15.9 Å². The van der Waals surface area contributed by atoms with Crippen LogP contribution in [0.2, 0.25) is 0 Å². The second-order valence-corrected chi connectivity index (χ2v) is 6.61. The molecule has 0 saturated carbocycles. The summed E-state index contributed by atoms with van der Waals surface area (Å²) in [5.41, 5.74) is -0.0808. The number of Topliss-reactive ketones (excluding diaryl/α,β-unsaturated/α-hetero) is 1. The summed E-state index contributed by atoms with van der Waals surface area (Å²) >= 11 is 2.97. The number of alkyl halides is 3. The monoisotopic (exact) mass is 361 g/mol. The largest absolute Gasteiger partial charge is 0.417 e. The normalized spacial score (nSPS) is 26.1. The summed E-state index contributed by atoms with van der Waals surface area (Å²) in [4.78, 5) is 13.8. The molecule has 0 amide bonds. The lowest BCUT2D eigenvalue weighted by atomic mass is 9.83. The second-order valence-electron chi connectivity index (χ2n) is 5.75. The molecule has 3 rings (SSSR count). The molecule has 2 bridgehead atoms. The predicted molar refractivity (Wildman–Crippen MR) is 77.3 cm³/mol. The maximum absolute atomic E-state index is 13.0. The molecule has 114 valence electrons. The number of rotatable bonds is 1. The van der Waals surface area contributed by atoms with Crippen molar-refractivity contribution in [1.82, 2.24) is 0 Å². The molecule has 6 heteroatoms. The Labute approximate surface area is 129 Å². The van der Waals surface area contributed by atoms with Crippen molar-refractivity contribution in [2.24, 2.45) is 0 Å². The van der Waals surface area contributed by atoms with E-state index in [0.29, 0.717) is 18.5 Å². The minimum absolute atomic E-state index is 0.0484. The molecule has 0 radical (unpaired) electrons. The summed E-state index contributed by atoms with van der Waals surface area (Å²) in [6.45, 7) is 0. The zero-order valence-electron chi connectivity index (χ0n) is 11.3. The quantitative estimate of drug-likeness (QED) is 0.730. The Morgan fingerprint density at radius 3 is 2.33 bits per heavy atom. The molecule has 2 fully saturated rings. The van der Waals surface area contributed by atoms with Crippen LogP contribution in [0.4, 0.5) is 18.9 Å². The summed E-state index contributed by atoms with van der Waals surface area (Å²) in [6.07, 6.45) is -0.682. The standard InChI is InChI=1S/C15H15BrF3NO/c16-14-5-4-11(8-13(14)15(17,18)19)20-9-2-1-3-10(20)7-12(21)6-9/h4-5,8-10H,1-3,6-7H2. The number of nitrogens with zero attached hydrogens (tertiary/aromatic N) is 1. The Hall–Kier alpha value is -1.04. The van der Waals surface area contributed by atoms with Gasteiger partial charge < -0.3 is 4.90 Å². The first-order valence-corrected chi connectivity index (χ1v) is 7.82. The van der Waals surface area contributed by atoms with E-state index < -0.39 is 11.7 Å². The SMILES string of the molecule is O=C1CC2CCCC(C1)N2c1ccc(Br)c(C(F)(F)F)c1. The maximum atomic E-state index is 13.0. The highest BCUT2D eigenvalue weighted by Crippen LogP contribution is 2.41. The van der Waals surface area contributed by atoms with Crippen LogP contribution >= 0.6 is 15.9 Å². The van der Waals surface area contributed by atoms with Gasteiger partial charge in [0, 0.05) is 35.1 Å². The highest BCUT2D eigenvalue weighted by molar-refractivity contribution is 9.10. The van der Waals surface area contributed by atoms with Crippen LogP contribution in [0.1, 0.15) is 37.7 Å². The van der Waals surface area contributed by atoms with Gasteiger partial charge in [0.05, 0.1) is 5.56 Å². The van der Waals surface area contributed by atoms with Crippen molar-refractivity contribution in [2.45, 2.75) is 50.4 Å². The summed E-state index contributed by atoms with van der Waals surface area (Å²) in [6, 6.07) is 4.45. The van der Waals surface area contributed by atoms with Crippen LogP contribution in [0.5, 0.6) is 0 Å². The van der Waals surface area contributed by atoms with Crippen molar-refractivity contribution in [2.75, 3.05) is 4.90 Å². The molecule has 21 heavy (non-hydrogen) atoms. The van der Waals surface area contributed by atoms with Gasteiger partial charge in [-0.25, -0.2) is 0 Å². The number of carbonyl (C=O) groups excluding carboxylic acids is 1. The third-order valence-corrected chi connectivity index (χ3v) is 5.03. The van der Waals surface area contributed by atoms with E-state index in [0.717, 1.165) is 19.3 Å². The first-order chi connectivity index (χ1) is 9.86. The Kier molecular flexibility index (Phi) is 3.76. The zero-order chi connectivity index (χ0) is 15.2. The van der Waals surface area contributed by atoms with Crippen LogP contribution in [-0.2, 0) is 11.0 Å². The summed E-state index contributed by atoms with van der Waals surface area (Å²) in [5.74, 6) is 0.231. The van der Waals surface area contributed by atoms with Crippen LogP contribution in [0.15, 0.2) is 22.7 Å². The van der Waals surface area contributed by atoms with Crippen LogP contribution in [0.3, 0.4) is 0 Å². The van der Waals surface area contributed by atoms with Gasteiger partial charge in [-0.1, -0.05) is 15.9 Å². The van der Waals surface area contributed by atoms with Crippen molar-refractivity contribution in [3.63, 3.8) is 0 Å². The number of benzene rings is 1. The van der Waals surface area contributed by atoms with Crippen LogP contribution in [-0.4, -0.2) is 17.9 Å². The van der Waals surface area contributed by atoms with Gasteiger partial charge in [-0.05, 0) is 37.5 Å². The molecule has 0 aliphatic carbocycles. The average Bonchev–Trinajstić information content (AvgIpc) is 2.37. The predicted octanol–water partition coefficient (Wildman–Crippen LogP) is 4.56.